The molecule has 0 amide bonds. The van der Waals surface area contributed by atoms with Gasteiger partial charge in [0.15, 0.2) is 0 Å². The molecule has 0 aliphatic rings. The molecule has 0 saturated carbocycles. The maximum atomic E-state index is 3.38. The van der Waals surface area contributed by atoms with Gasteiger partial charge < -0.3 is 20.3 Å². The van der Waals surface area contributed by atoms with Crippen molar-refractivity contribution < 1.29 is 88.1 Å². The van der Waals surface area contributed by atoms with E-state index in [1.807, 2.05) is 0 Å². The summed E-state index contributed by atoms with van der Waals surface area (Å²) in [5.41, 5.74) is 0. The van der Waals surface area contributed by atoms with E-state index in [1.165, 1.54) is 0 Å². The molecule has 0 N–H and O–H groups in total. The second-order valence-corrected chi connectivity index (χ2v) is 0.354. The minimum atomic E-state index is 0. The van der Waals surface area contributed by atoms with Gasteiger partial charge in [-0.25, -0.2) is 0 Å². The normalized spacial score (nSPS) is 3.60. The van der Waals surface area contributed by atoms with Gasteiger partial charge in [0.05, 0.1) is 0 Å². The summed E-state index contributed by atoms with van der Waals surface area (Å²) in [6, 6.07) is 0. The van der Waals surface area contributed by atoms with Crippen molar-refractivity contribution >= 4 is 0 Å². The van der Waals surface area contributed by atoms with Gasteiger partial charge in [-0.2, -0.15) is 0 Å². The van der Waals surface area contributed by atoms with Crippen molar-refractivity contribution in [2.45, 2.75) is 6.42 Å². The standard InChI is InChI=1S/C3H6.2Ac/c1-3-2;;/h1-3H2;;/q-2;;. The van der Waals surface area contributed by atoms with Gasteiger partial charge in [0.1, 0.15) is 0 Å². The number of hydrogen-bond acceptors (Lipinski definition) is 0. The molecule has 26 valence electrons. The van der Waals surface area contributed by atoms with Crippen LogP contribution in [0.15, 0.2) is 0 Å². The summed E-state index contributed by atoms with van der Waals surface area (Å²) >= 11 is 0. The molecule has 0 aliphatic carbocycles. The molecule has 0 spiro atoms. The van der Waals surface area contributed by atoms with Gasteiger partial charge in [0, 0.05) is 88.1 Å². The first-order valence-electron chi connectivity index (χ1n) is 1.000. The van der Waals surface area contributed by atoms with E-state index >= 15 is 0 Å². The minimum absolute atomic E-state index is 0. The van der Waals surface area contributed by atoms with Gasteiger partial charge in [0.25, 0.3) is 0 Å². The molecule has 0 unspecified atom stereocenters. The first-order valence-corrected chi connectivity index (χ1v) is 1.000. The van der Waals surface area contributed by atoms with Crippen molar-refractivity contribution in [2.24, 2.45) is 0 Å². The minimum Gasteiger partial charge on any atom is -0.372 e. The summed E-state index contributed by atoms with van der Waals surface area (Å²) in [5.74, 6) is 0. The Balaban J connectivity index is -0.0000000200. The van der Waals surface area contributed by atoms with E-state index in [9.17, 15) is 0 Å². The van der Waals surface area contributed by atoms with Gasteiger partial charge in [-0.05, 0) is 0 Å². The first kappa shape index (κ1) is 15.7. The molecule has 0 aromatic heterocycles. The van der Waals surface area contributed by atoms with Crippen LogP contribution in [0.3, 0.4) is 0 Å². The van der Waals surface area contributed by atoms with Crippen LogP contribution >= 0.6 is 0 Å². The van der Waals surface area contributed by atoms with Crippen LogP contribution in [0.4, 0.5) is 0 Å². The summed E-state index contributed by atoms with van der Waals surface area (Å²) in [7, 11) is 0. The van der Waals surface area contributed by atoms with E-state index in [-0.39, 0.29) is 88.1 Å². The SMILES string of the molecule is [Ac].[Ac].[CH2-]C[CH2-]. The van der Waals surface area contributed by atoms with Crippen LogP contribution in [0.2, 0.25) is 0 Å². The molecule has 0 nitrogen and oxygen atoms in total. The monoisotopic (exact) mass is 496 g/mol. The van der Waals surface area contributed by atoms with E-state index in [4.69, 9.17) is 0 Å². The molecular formula is C3H6Ac2-2. The third-order valence-corrected chi connectivity index (χ3v) is 0. The Kier molecular flexibility index (Phi) is 49.5. The van der Waals surface area contributed by atoms with Crippen molar-refractivity contribution in [3.63, 3.8) is 0 Å². The second kappa shape index (κ2) is 15.8. The zero-order valence-corrected chi connectivity index (χ0v) is 12.8. The van der Waals surface area contributed by atoms with Crippen molar-refractivity contribution in [3.05, 3.63) is 13.8 Å². The van der Waals surface area contributed by atoms with E-state index in [0.717, 1.165) is 6.42 Å². The first-order chi connectivity index (χ1) is 1.41. The molecule has 0 atom stereocenters. The van der Waals surface area contributed by atoms with Crippen molar-refractivity contribution in [2.75, 3.05) is 0 Å². The zero-order valence-electron chi connectivity index (χ0n) is 3.28. The smallest absolute Gasteiger partial charge is 0 e. The molecule has 2 radical (unpaired) electrons. The van der Waals surface area contributed by atoms with Gasteiger partial charge in [-0.1, -0.05) is 0 Å². The average Bonchev–Trinajstić information content (AvgIpc) is 0.918. The Morgan fingerprint density at radius 2 is 1.00 bits per heavy atom. The predicted molar refractivity (Wildman–Crippen MR) is 15.3 cm³/mol. The molecule has 0 aromatic rings. The molecule has 0 saturated heterocycles. The zero-order chi connectivity index (χ0) is 2.71. The van der Waals surface area contributed by atoms with Crippen molar-refractivity contribution in [1.82, 2.24) is 0 Å². The maximum absolute atomic E-state index is 3.38. The van der Waals surface area contributed by atoms with Gasteiger partial charge in [-0.3, -0.25) is 0 Å². The maximum Gasteiger partial charge on any atom is 0 e. The van der Waals surface area contributed by atoms with E-state index in [1.54, 1.807) is 0 Å². The Morgan fingerprint density at radius 1 is 1.00 bits per heavy atom. The van der Waals surface area contributed by atoms with Crippen LogP contribution in [0.25, 0.3) is 0 Å². The molecule has 0 bridgehead atoms. The number of hydrogen-bond donors (Lipinski definition) is 0. The molecule has 5 heavy (non-hydrogen) atoms. The van der Waals surface area contributed by atoms with Crippen molar-refractivity contribution in [3.8, 4) is 0 Å². The third-order valence-electron chi connectivity index (χ3n) is 0. The van der Waals surface area contributed by atoms with Gasteiger partial charge >= 0.3 is 0 Å². The van der Waals surface area contributed by atoms with Crippen LogP contribution in [0.1, 0.15) is 6.42 Å². The number of rotatable bonds is 0. The molecule has 2 heteroatoms. The van der Waals surface area contributed by atoms with E-state index in [0.29, 0.717) is 0 Å². The van der Waals surface area contributed by atoms with Crippen LogP contribution in [-0.4, -0.2) is 0 Å². The topological polar surface area (TPSA) is 0 Å². The third kappa shape index (κ3) is 19.7. The second-order valence-electron chi connectivity index (χ2n) is 0.354. The Labute approximate surface area is 106 Å². The quantitative estimate of drug-likeness (QED) is 0.441. The Morgan fingerprint density at radius 3 is 1.00 bits per heavy atom. The average molecular weight is 496 g/mol. The predicted octanol–water partition coefficient (Wildman–Crippen LogP) is 1.04. The fraction of sp³-hybridized carbons (Fsp3) is 0.333. The molecule has 0 fully saturated rings. The molecule has 0 heterocycles. The van der Waals surface area contributed by atoms with Crippen LogP contribution in [0.5, 0.6) is 0 Å². The van der Waals surface area contributed by atoms with E-state index < -0.39 is 0 Å². The summed E-state index contributed by atoms with van der Waals surface area (Å²) in [6.07, 6.45) is 0.750. The summed E-state index contributed by atoms with van der Waals surface area (Å²) < 4.78 is 0. The summed E-state index contributed by atoms with van der Waals surface area (Å²) in [4.78, 5) is 0. The summed E-state index contributed by atoms with van der Waals surface area (Å²) in [5, 5.41) is 0. The summed E-state index contributed by atoms with van der Waals surface area (Å²) in [6.45, 7) is 6.75. The largest absolute Gasteiger partial charge is 0.372 e. The van der Waals surface area contributed by atoms with Gasteiger partial charge in [-0.15, -0.1) is 0 Å². The van der Waals surface area contributed by atoms with E-state index in [2.05, 4.69) is 13.8 Å². The van der Waals surface area contributed by atoms with Crippen LogP contribution in [0, 0.1) is 102 Å². The Bertz CT molecular complexity index is 4.85. The van der Waals surface area contributed by atoms with Crippen LogP contribution in [-0.2, 0) is 0 Å². The fourth-order valence-corrected chi connectivity index (χ4v) is 0. The fourth-order valence-electron chi connectivity index (χ4n) is 0. The molecule has 0 aromatic carbocycles. The molecular weight excluding hydrogens is 490 g/mol. The van der Waals surface area contributed by atoms with Crippen LogP contribution < -0.4 is 0 Å². The molecule has 0 aliphatic heterocycles. The Hall–Kier alpha value is 2.88. The van der Waals surface area contributed by atoms with Crippen molar-refractivity contribution in [1.29, 1.82) is 0 Å². The van der Waals surface area contributed by atoms with Gasteiger partial charge in [0.2, 0.25) is 0 Å². The molecule has 0 rings (SSSR count).